The standard InChI is InChI=1S/C12H15F3N2O4/c13-12(14,15)4-10(18)16-5-6-1-7-3-8(16)9(2-6)17(7)11(19)21-20/h6-9,20H,1-5H2. The predicted molar refractivity (Wildman–Crippen MR) is 62.0 cm³/mol. The van der Waals surface area contributed by atoms with Crippen molar-refractivity contribution in [2.45, 2.75) is 50.0 Å². The summed E-state index contributed by atoms with van der Waals surface area (Å²) in [6.07, 6.45) is -5.20. The molecule has 0 aromatic rings. The Kier molecular flexibility index (Phi) is 3.27. The number of rotatable bonds is 1. The maximum absolute atomic E-state index is 12.4. The van der Waals surface area contributed by atoms with Gasteiger partial charge in [-0.3, -0.25) is 14.6 Å². The Bertz CT molecular complexity index is 468. The van der Waals surface area contributed by atoms with Crippen molar-refractivity contribution in [1.82, 2.24) is 9.80 Å². The largest absolute Gasteiger partial charge is 0.441 e. The molecule has 3 saturated heterocycles. The molecule has 0 aromatic carbocycles. The molecule has 3 rings (SSSR count). The van der Waals surface area contributed by atoms with E-state index in [1.165, 1.54) is 9.80 Å². The number of hydrogen-bond acceptors (Lipinski definition) is 4. The molecule has 0 aromatic heterocycles. The van der Waals surface area contributed by atoms with E-state index in [4.69, 9.17) is 5.26 Å². The second-order valence-electron chi connectivity index (χ2n) is 5.96. The van der Waals surface area contributed by atoms with Gasteiger partial charge in [0.2, 0.25) is 5.91 Å². The minimum Gasteiger partial charge on any atom is -0.337 e. The van der Waals surface area contributed by atoms with E-state index < -0.39 is 30.6 Å². The summed E-state index contributed by atoms with van der Waals surface area (Å²) in [7, 11) is 0. The molecule has 1 N–H and O–H groups in total. The molecule has 0 saturated carbocycles. The van der Waals surface area contributed by atoms with Gasteiger partial charge < -0.3 is 4.90 Å². The molecule has 0 radical (unpaired) electrons. The third-order valence-electron chi connectivity index (χ3n) is 4.70. The van der Waals surface area contributed by atoms with Crippen LogP contribution in [0.3, 0.4) is 0 Å². The number of amides is 2. The second-order valence-corrected chi connectivity index (χ2v) is 5.96. The van der Waals surface area contributed by atoms with Crippen molar-refractivity contribution < 1.29 is 32.9 Å². The summed E-state index contributed by atoms with van der Waals surface area (Å²) < 4.78 is 37.2. The van der Waals surface area contributed by atoms with Crippen LogP contribution in [0.25, 0.3) is 0 Å². The Morgan fingerprint density at radius 2 is 1.90 bits per heavy atom. The molecular weight excluding hydrogens is 293 g/mol. The first-order valence-electron chi connectivity index (χ1n) is 6.80. The molecule has 0 aliphatic carbocycles. The van der Waals surface area contributed by atoms with E-state index in [0.717, 1.165) is 0 Å². The highest BCUT2D eigenvalue weighted by Crippen LogP contribution is 2.46. The average Bonchev–Trinajstić information content (AvgIpc) is 2.54. The number of carbonyl (C=O) groups excluding carboxylic acids is 2. The highest BCUT2D eigenvalue weighted by molar-refractivity contribution is 5.78. The lowest BCUT2D eigenvalue weighted by atomic mass is 9.86. The zero-order valence-electron chi connectivity index (χ0n) is 11.0. The van der Waals surface area contributed by atoms with Crippen LogP contribution in [0.1, 0.15) is 25.7 Å². The van der Waals surface area contributed by atoms with Crippen LogP contribution in [-0.2, 0) is 9.68 Å². The SMILES string of the molecule is O=C(CC(F)(F)F)N1CC2CC3CC1C(C2)N3C(=O)OO. The van der Waals surface area contributed by atoms with Gasteiger partial charge in [-0.15, -0.1) is 0 Å². The van der Waals surface area contributed by atoms with Crippen LogP contribution in [0.5, 0.6) is 0 Å². The summed E-state index contributed by atoms with van der Waals surface area (Å²) in [4.78, 5) is 29.9. The van der Waals surface area contributed by atoms with Crippen LogP contribution >= 0.6 is 0 Å². The maximum atomic E-state index is 12.4. The summed E-state index contributed by atoms with van der Waals surface area (Å²) in [5, 5.41) is 8.53. The lowest BCUT2D eigenvalue weighted by Crippen LogP contribution is -2.58. The van der Waals surface area contributed by atoms with Gasteiger partial charge in [0, 0.05) is 12.6 Å². The van der Waals surface area contributed by atoms with Gasteiger partial charge in [-0.2, -0.15) is 18.4 Å². The monoisotopic (exact) mass is 308 g/mol. The Labute approximate surface area is 118 Å². The molecule has 4 atom stereocenters. The van der Waals surface area contributed by atoms with Crippen LogP contribution < -0.4 is 0 Å². The van der Waals surface area contributed by atoms with E-state index in [0.29, 0.717) is 25.8 Å². The van der Waals surface area contributed by atoms with Crippen LogP contribution in [0.15, 0.2) is 0 Å². The fourth-order valence-corrected chi connectivity index (χ4v) is 4.10. The zero-order valence-corrected chi connectivity index (χ0v) is 11.0. The fourth-order valence-electron chi connectivity index (χ4n) is 4.10. The van der Waals surface area contributed by atoms with Gasteiger partial charge in [-0.05, 0) is 25.2 Å². The Morgan fingerprint density at radius 1 is 1.19 bits per heavy atom. The number of carbonyl (C=O) groups is 2. The minimum atomic E-state index is -4.53. The molecule has 9 heteroatoms. The van der Waals surface area contributed by atoms with Crippen LogP contribution in [0.2, 0.25) is 0 Å². The number of likely N-dealkylation sites (tertiary alicyclic amines) is 1. The summed E-state index contributed by atoms with van der Waals surface area (Å²) in [5.41, 5.74) is 0. The first kappa shape index (κ1) is 14.4. The Morgan fingerprint density at radius 3 is 2.52 bits per heavy atom. The molecule has 6 nitrogen and oxygen atoms in total. The van der Waals surface area contributed by atoms with Gasteiger partial charge in [0.1, 0.15) is 6.42 Å². The first-order chi connectivity index (χ1) is 9.80. The topological polar surface area (TPSA) is 70.1 Å². The second kappa shape index (κ2) is 4.75. The molecule has 3 bridgehead atoms. The third kappa shape index (κ3) is 2.43. The van der Waals surface area contributed by atoms with Crippen molar-refractivity contribution >= 4 is 12.0 Å². The summed E-state index contributed by atoms with van der Waals surface area (Å²) >= 11 is 0. The van der Waals surface area contributed by atoms with Crippen molar-refractivity contribution in [2.24, 2.45) is 5.92 Å². The van der Waals surface area contributed by atoms with Crippen LogP contribution in [0.4, 0.5) is 18.0 Å². The highest BCUT2D eigenvalue weighted by atomic mass is 19.4. The van der Waals surface area contributed by atoms with Crippen molar-refractivity contribution in [3.05, 3.63) is 0 Å². The van der Waals surface area contributed by atoms with Gasteiger partial charge in [0.15, 0.2) is 0 Å². The van der Waals surface area contributed by atoms with E-state index in [1.54, 1.807) is 0 Å². The van der Waals surface area contributed by atoms with Crippen LogP contribution in [0, 0.1) is 5.92 Å². The Balaban J connectivity index is 1.79. The van der Waals surface area contributed by atoms with E-state index in [9.17, 15) is 22.8 Å². The lowest BCUT2D eigenvalue weighted by molar-refractivity contribution is -0.194. The molecule has 118 valence electrons. The summed E-state index contributed by atoms with van der Waals surface area (Å²) in [5.74, 6) is -0.847. The number of fused-ring (bicyclic) bond motifs is 2. The van der Waals surface area contributed by atoms with Crippen LogP contribution in [-0.4, -0.2) is 57.9 Å². The quantitative estimate of drug-likeness (QED) is 0.590. The third-order valence-corrected chi connectivity index (χ3v) is 4.70. The first-order valence-corrected chi connectivity index (χ1v) is 6.80. The fraction of sp³-hybridized carbons (Fsp3) is 0.833. The number of piperidine rings is 2. The molecular formula is C12H15F3N2O4. The van der Waals surface area contributed by atoms with Gasteiger partial charge in [0.25, 0.3) is 0 Å². The maximum Gasteiger partial charge on any atom is 0.441 e. The molecule has 4 unspecified atom stereocenters. The molecule has 2 amide bonds. The summed E-state index contributed by atoms with van der Waals surface area (Å²) in [6, 6.07) is -0.955. The van der Waals surface area contributed by atoms with E-state index in [2.05, 4.69) is 4.89 Å². The Hall–Kier alpha value is -1.51. The molecule has 3 aliphatic heterocycles. The predicted octanol–water partition coefficient (Wildman–Crippen LogP) is 1.61. The van der Waals surface area contributed by atoms with Gasteiger partial charge in [0.05, 0.1) is 12.1 Å². The van der Waals surface area contributed by atoms with E-state index >= 15 is 0 Å². The normalized spacial score (nSPS) is 34.3. The van der Waals surface area contributed by atoms with E-state index in [-0.39, 0.29) is 18.0 Å². The van der Waals surface area contributed by atoms with Crippen molar-refractivity contribution in [2.75, 3.05) is 6.54 Å². The average molecular weight is 308 g/mol. The lowest BCUT2D eigenvalue weighted by Gasteiger charge is -2.46. The number of halogens is 3. The van der Waals surface area contributed by atoms with Gasteiger partial charge in [-0.1, -0.05) is 0 Å². The highest BCUT2D eigenvalue weighted by Gasteiger charge is 2.56. The molecule has 0 spiro atoms. The zero-order chi connectivity index (χ0) is 15.4. The minimum absolute atomic E-state index is 0.0960. The van der Waals surface area contributed by atoms with Crippen molar-refractivity contribution in [3.63, 3.8) is 0 Å². The molecule has 3 fully saturated rings. The van der Waals surface area contributed by atoms with Gasteiger partial charge in [-0.25, -0.2) is 4.79 Å². The number of nitrogens with zero attached hydrogens (tertiary/aromatic N) is 2. The van der Waals surface area contributed by atoms with E-state index in [1.807, 2.05) is 0 Å². The molecule has 3 heterocycles. The van der Waals surface area contributed by atoms with Crippen molar-refractivity contribution in [3.8, 4) is 0 Å². The van der Waals surface area contributed by atoms with Crippen molar-refractivity contribution in [1.29, 1.82) is 0 Å². The molecule has 21 heavy (non-hydrogen) atoms. The summed E-state index contributed by atoms with van der Waals surface area (Å²) in [6.45, 7) is 0.314. The molecule has 3 aliphatic rings. The van der Waals surface area contributed by atoms with Gasteiger partial charge >= 0.3 is 12.3 Å². The number of alkyl halides is 3. The smallest absolute Gasteiger partial charge is 0.337 e. The number of hydrogen-bond donors (Lipinski definition) is 1.